The number of halogens is 4. The van der Waals surface area contributed by atoms with Gasteiger partial charge in [-0.1, -0.05) is 35.9 Å². The predicted molar refractivity (Wildman–Crippen MR) is 90.5 cm³/mol. The van der Waals surface area contributed by atoms with Crippen molar-refractivity contribution in [1.29, 1.82) is 0 Å². The van der Waals surface area contributed by atoms with Gasteiger partial charge in [0.25, 0.3) is 0 Å². The molecule has 0 aliphatic rings. The van der Waals surface area contributed by atoms with Crippen molar-refractivity contribution >= 4 is 11.6 Å². The maximum atomic E-state index is 12.9. The SMILES string of the molecule is FC(F)(F)c1cccc(-c2cncc(COc3ccccc3Cl)c2)c1. The van der Waals surface area contributed by atoms with E-state index in [0.717, 1.165) is 17.7 Å². The monoisotopic (exact) mass is 363 g/mol. The molecule has 3 aromatic rings. The molecular weight excluding hydrogens is 351 g/mol. The lowest BCUT2D eigenvalue weighted by molar-refractivity contribution is -0.137. The number of ether oxygens (including phenoxy) is 1. The van der Waals surface area contributed by atoms with Gasteiger partial charge in [-0.2, -0.15) is 13.2 Å². The first-order chi connectivity index (χ1) is 11.9. The standard InChI is InChI=1S/C19H13ClF3NO/c20-17-6-1-2-7-18(17)25-12-13-8-15(11-24-10-13)14-4-3-5-16(9-14)19(21,22)23/h1-11H,12H2. The highest BCUT2D eigenvalue weighted by atomic mass is 35.5. The van der Waals surface area contributed by atoms with E-state index >= 15 is 0 Å². The molecule has 0 amide bonds. The molecule has 0 N–H and O–H groups in total. The molecule has 0 aliphatic heterocycles. The fourth-order valence-corrected chi connectivity index (χ4v) is 2.51. The van der Waals surface area contributed by atoms with Gasteiger partial charge in [0, 0.05) is 23.5 Å². The molecule has 0 radical (unpaired) electrons. The molecule has 2 nitrogen and oxygen atoms in total. The van der Waals surface area contributed by atoms with Gasteiger partial charge >= 0.3 is 6.18 Å². The lowest BCUT2D eigenvalue weighted by Gasteiger charge is -2.10. The Morgan fingerprint density at radius 3 is 2.48 bits per heavy atom. The minimum atomic E-state index is -4.38. The summed E-state index contributed by atoms with van der Waals surface area (Å²) in [4.78, 5) is 4.09. The Hall–Kier alpha value is -2.53. The van der Waals surface area contributed by atoms with E-state index in [4.69, 9.17) is 16.3 Å². The van der Waals surface area contributed by atoms with Crippen LogP contribution in [0.1, 0.15) is 11.1 Å². The first kappa shape index (κ1) is 17.3. The summed E-state index contributed by atoms with van der Waals surface area (Å²) in [6.45, 7) is 0.212. The van der Waals surface area contributed by atoms with Crippen LogP contribution in [0.5, 0.6) is 5.75 Å². The predicted octanol–water partition coefficient (Wildman–Crippen LogP) is 6.00. The Balaban J connectivity index is 1.81. The van der Waals surface area contributed by atoms with E-state index in [0.29, 0.717) is 21.9 Å². The molecule has 0 spiro atoms. The summed E-state index contributed by atoms with van der Waals surface area (Å²) >= 11 is 6.03. The number of hydrogen-bond acceptors (Lipinski definition) is 2. The molecule has 0 saturated carbocycles. The molecule has 1 aromatic heterocycles. The Labute approximate surface area is 147 Å². The second-order valence-corrected chi connectivity index (χ2v) is 5.79. The second-order valence-electron chi connectivity index (χ2n) is 5.38. The summed E-state index contributed by atoms with van der Waals surface area (Å²) in [7, 11) is 0. The molecule has 1 heterocycles. The number of nitrogens with zero attached hydrogens (tertiary/aromatic N) is 1. The van der Waals surface area contributed by atoms with Crippen molar-refractivity contribution in [1.82, 2.24) is 4.98 Å². The van der Waals surface area contributed by atoms with Gasteiger partial charge in [-0.05, 0) is 35.9 Å². The Kier molecular flexibility index (Phi) is 4.95. The van der Waals surface area contributed by atoms with Gasteiger partial charge in [-0.25, -0.2) is 0 Å². The van der Waals surface area contributed by atoms with E-state index in [1.165, 1.54) is 12.3 Å². The van der Waals surface area contributed by atoms with Gasteiger partial charge in [0.2, 0.25) is 0 Å². The van der Waals surface area contributed by atoms with Crippen molar-refractivity contribution in [3.8, 4) is 16.9 Å². The van der Waals surface area contributed by atoms with Gasteiger partial charge in [0.15, 0.2) is 0 Å². The number of pyridine rings is 1. The zero-order valence-electron chi connectivity index (χ0n) is 12.9. The van der Waals surface area contributed by atoms with Crippen molar-refractivity contribution in [3.05, 3.63) is 83.1 Å². The second kappa shape index (κ2) is 7.15. The van der Waals surface area contributed by atoms with Crippen LogP contribution in [-0.4, -0.2) is 4.98 Å². The zero-order valence-corrected chi connectivity index (χ0v) is 13.7. The van der Waals surface area contributed by atoms with Gasteiger partial charge in [0.05, 0.1) is 10.6 Å². The molecule has 0 unspecified atom stereocenters. The Bertz CT molecular complexity index is 880. The minimum Gasteiger partial charge on any atom is -0.487 e. The van der Waals surface area contributed by atoms with Crippen LogP contribution in [0.25, 0.3) is 11.1 Å². The van der Waals surface area contributed by atoms with Crippen molar-refractivity contribution in [2.24, 2.45) is 0 Å². The smallest absolute Gasteiger partial charge is 0.416 e. The molecule has 0 fully saturated rings. The zero-order chi connectivity index (χ0) is 17.9. The molecular formula is C19H13ClF3NO. The first-order valence-electron chi connectivity index (χ1n) is 7.42. The lowest BCUT2D eigenvalue weighted by Crippen LogP contribution is -2.04. The van der Waals surface area contributed by atoms with Gasteiger partial charge in [-0.3, -0.25) is 4.98 Å². The third-order valence-corrected chi connectivity index (χ3v) is 3.86. The summed E-state index contributed by atoms with van der Waals surface area (Å²) in [6.07, 6.45) is -1.25. The molecule has 0 bridgehead atoms. The molecule has 6 heteroatoms. The topological polar surface area (TPSA) is 22.1 Å². The minimum absolute atomic E-state index is 0.212. The maximum Gasteiger partial charge on any atom is 0.416 e. The van der Waals surface area contributed by atoms with Crippen LogP contribution in [0.3, 0.4) is 0 Å². The number of hydrogen-bond donors (Lipinski definition) is 0. The third kappa shape index (κ3) is 4.31. The van der Waals surface area contributed by atoms with Crippen molar-refractivity contribution in [3.63, 3.8) is 0 Å². The third-order valence-electron chi connectivity index (χ3n) is 3.55. The van der Waals surface area contributed by atoms with Crippen LogP contribution >= 0.6 is 11.6 Å². The Morgan fingerprint density at radius 2 is 1.72 bits per heavy atom. The molecule has 128 valence electrons. The molecule has 25 heavy (non-hydrogen) atoms. The van der Waals surface area contributed by atoms with E-state index in [9.17, 15) is 13.2 Å². The maximum absolute atomic E-state index is 12.9. The number of aromatic nitrogens is 1. The van der Waals surface area contributed by atoms with E-state index in [1.807, 2.05) is 0 Å². The van der Waals surface area contributed by atoms with Crippen LogP contribution in [0.2, 0.25) is 5.02 Å². The first-order valence-corrected chi connectivity index (χ1v) is 7.80. The normalized spacial score (nSPS) is 11.4. The summed E-state index contributed by atoms with van der Waals surface area (Å²) in [6, 6.07) is 14.0. The van der Waals surface area contributed by atoms with Crippen LogP contribution in [0.15, 0.2) is 67.0 Å². The largest absolute Gasteiger partial charge is 0.487 e. The van der Waals surface area contributed by atoms with Crippen molar-refractivity contribution in [2.45, 2.75) is 12.8 Å². The summed E-state index contributed by atoms with van der Waals surface area (Å²) in [5.74, 6) is 0.536. The summed E-state index contributed by atoms with van der Waals surface area (Å²) in [5.41, 5.74) is 1.07. The molecule has 0 aliphatic carbocycles. The van der Waals surface area contributed by atoms with Crippen molar-refractivity contribution in [2.75, 3.05) is 0 Å². The van der Waals surface area contributed by atoms with Crippen molar-refractivity contribution < 1.29 is 17.9 Å². The number of rotatable bonds is 4. The fraction of sp³-hybridized carbons (Fsp3) is 0.105. The Morgan fingerprint density at radius 1 is 0.920 bits per heavy atom. The van der Waals surface area contributed by atoms with Crippen LogP contribution in [0.4, 0.5) is 13.2 Å². The van der Waals surface area contributed by atoms with Gasteiger partial charge < -0.3 is 4.74 Å². The highest BCUT2D eigenvalue weighted by Gasteiger charge is 2.30. The molecule has 2 aromatic carbocycles. The van der Waals surface area contributed by atoms with E-state index in [2.05, 4.69) is 4.98 Å². The highest BCUT2D eigenvalue weighted by molar-refractivity contribution is 6.32. The molecule has 0 saturated heterocycles. The highest BCUT2D eigenvalue weighted by Crippen LogP contribution is 2.32. The van der Waals surface area contributed by atoms with Crippen LogP contribution < -0.4 is 4.74 Å². The fourth-order valence-electron chi connectivity index (χ4n) is 2.32. The lowest BCUT2D eigenvalue weighted by atomic mass is 10.0. The van der Waals surface area contributed by atoms with Crippen LogP contribution in [-0.2, 0) is 12.8 Å². The molecule has 0 atom stereocenters. The average Bonchev–Trinajstić information content (AvgIpc) is 2.61. The van der Waals surface area contributed by atoms with Gasteiger partial charge in [0.1, 0.15) is 12.4 Å². The molecule has 3 rings (SSSR count). The quantitative estimate of drug-likeness (QED) is 0.567. The van der Waals surface area contributed by atoms with Crippen LogP contribution in [0, 0.1) is 0 Å². The van der Waals surface area contributed by atoms with E-state index < -0.39 is 11.7 Å². The number of benzene rings is 2. The summed E-state index contributed by atoms with van der Waals surface area (Å²) < 4.78 is 44.2. The number of para-hydroxylation sites is 1. The summed E-state index contributed by atoms with van der Waals surface area (Å²) in [5, 5.41) is 0.490. The van der Waals surface area contributed by atoms with E-state index in [-0.39, 0.29) is 6.61 Å². The average molecular weight is 364 g/mol. The van der Waals surface area contributed by atoms with Gasteiger partial charge in [-0.15, -0.1) is 0 Å². The van der Waals surface area contributed by atoms with E-state index in [1.54, 1.807) is 42.6 Å². The number of alkyl halides is 3.